The maximum atomic E-state index is 13.6. The molecule has 2 rings (SSSR count). The van der Waals surface area contributed by atoms with E-state index in [9.17, 15) is 13.6 Å². The van der Waals surface area contributed by atoms with Crippen molar-refractivity contribution in [1.82, 2.24) is 4.57 Å². The van der Waals surface area contributed by atoms with Gasteiger partial charge in [0.25, 0.3) is 0 Å². The number of aromatic nitrogens is 1. The minimum absolute atomic E-state index is 0.0559. The molecule has 0 saturated carbocycles. The van der Waals surface area contributed by atoms with Crippen LogP contribution in [0.25, 0.3) is 0 Å². The molecule has 0 unspecified atom stereocenters. The zero-order chi connectivity index (χ0) is 13.8. The summed E-state index contributed by atoms with van der Waals surface area (Å²) in [5.74, 6) is -1.78. The van der Waals surface area contributed by atoms with Crippen molar-refractivity contribution >= 4 is 5.97 Å². The van der Waals surface area contributed by atoms with Crippen LogP contribution in [0.15, 0.2) is 36.5 Å². The minimum atomic E-state index is -0.636. The third kappa shape index (κ3) is 2.81. The van der Waals surface area contributed by atoms with Gasteiger partial charge >= 0.3 is 5.97 Å². The molecular formula is C14H13F2NO2. The van der Waals surface area contributed by atoms with Gasteiger partial charge in [0.1, 0.15) is 17.3 Å². The first kappa shape index (κ1) is 13.3. The van der Waals surface area contributed by atoms with E-state index in [1.165, 1.54) is 22.8 Å². The topological polar surface area (TPSA) is 31.2 Å². The molecule has 1 aromatic heterocycles. The lowest BCUT2D eigenvalue weighted by Crippen LogP contribution is -2.13. The van der Waals surface area contributed by atoms with Gasteiger partial charge in [-0.05, 0) is 31.2 Å². The standard InChI is InChI=1S/C14H13F2NO2/c1-2-19-14(18)13-7-4-8-17(13)9-10-11(15)5-3-6-12(10)16/h3-8H,2,9H2,1H3. The van der Waals surface area contributed by atoms with Crippen molar-refractivity contribution < 1.29 is 18.3 Å². The van der Waals surface area contributed by atoms with Crippen molar-refractivity contribution in [1.29, 1.82) is 0 Å². The van der Waals surface area contributed by atoms with Crippen LogP contribution in [0.3, 0.4) is 0 Å². The van der Waals surface area contributed by atoms with Gasteiger partial charge in [0.05, 0.1) is 13.2 Å². The first-order chi connectivity index (χ1) is 9.13. The SMILES string of the molecule is CCOC(=O)c1cccn1Cc1c(F)cccc1F. The highest BCUT2D eigenvalue weighted by molar-refractivity contribution is 5.87. The Labute approximate surface area is 109 Å². The Bertz CT molecular complexity index is 573. The second-order valence-corrected chi connectivity index (χ2v) is 3.94. The lowest BCUT2D eigenvalue weighted by atomic mass is 10.2. The van der Waals surface area contributed by atoms with Gasteiger partial charge in [-0.2, -0.15) is 0 Å². The molecule has 0 aliphatic carbocycles. The van der Waals surface area contributed by atoms with Crippen LogP contribution in [-0.2, 0) is 11.3 Å². The van der Waals surface area contributed by atoms with Crippen molar-refractivity contribution in [3.05, 3.63) is 59.4 Å². The Balaban J connectivity index is 2.30. The second kappa shape index (κ2) is 5.65. The van der Waals surface area contributed by atoms with E-state index in [4.69, 9.17) is 4.74 Å². The zero-order valence-corrected chi connectivity index (χ0v) is 10.4. The molecule has 0 saturated heterocycles. The predicted molar refractivity (Wildman–Crippen MR) is 65.8 cm³/mol. The number of benzene rings is 1. The number of rotatable bonds is 4. The van der Waals surface area contributed by atoms with Gasteiger partial charge in [0, 0.05) is 11.8 Å². The number of carbonyl (C=O) groups is 1. The quantitative estimate of drug-likeness (QED) is 0.796. The monoisotopic (exact) mass is 265 g/mol. The number of carbonyl (C=O) groups excluding carboxylic acids is 1. The lowest BCUT2D eigenvalue weighted by Gasteiger charge is -2.10. The Hall–Kier alpha value is -2.17. The van der Waals surface area contributed by atoms with E-state index in [2.05, 4.69) is 0 Å². The van der Waals surface area contributed by atoms with Crippen molar-refractivity contribution in [3.8, 4) is 0 Å². The number of nitrogens with zero attached hydrogens (tertiary/aromatic N) is 1. The number of hydrogen-bond donors (Lipinski definition) is 0. The molecule has 0 fully saturated rings. The molecule has 1 heterocycles. The van der Waals surface area contributed by atoms with E-state index in [0.717, 1.165) is 0 Å². The number of ether oxygens (including phenoxy) is 1. The summed E-state index contributed by atoms with van der Waals surface area (Å²) in [6.07, 6.45) is 1.58. The number of hydrogen-bond acceptors (Lipinski definition) is 2. The van der Waals surface area contributed by atoms with Crippen LogP contribution >= 0.6 is 0 Å². The third-order valence-corrected chi connectivity index (χ3v) is 2.70. The fourth-order valence-corrected chi connectivity index (χ4v) is 1.80. The average Bonchev–Trinajstić information content (AvgIpc) is 2.82. The van der Waals surface area contributed by atoms with E-state index >= 15 is 0 Å². The van der Waals surface area contributed by atoms with E-state index in [-0.39, 0.29) is 24.4 Å². The van der Waals surface area contributed by atoms with E-state index < -0.39 is 17.6 Å². The fourth-order valence-electron chi connectivity index (χ4n) is 1.80. The Kier molecular flexibility index (Phi) is 3.94. The summed E-state index contributed by atoms with van der Waals surface area (Å²) in [4.78, 5) is 11.7. The molecule has 0 atom stereocenters. The minimum Gasteiger partial charge on any atom is -0.461 e. The Morgan fingerprint density at radius 3 is 2.53 bits per heavy atom. The summed E-state index contributed by atoms with van der Waals surface area (Å²) < 4.78 is 33.4. The average molecular weight is 265 g/mol. The van der Waals surface area contributed by atoms with Crippen molar-refractivity contribution in [3.63, 3.8) is 0 Å². The van der Waals surface area contributed by atoms with E-state index in [0.29, 0.717) is 0 Å². The first-order valence-corrected chi connectivity index (χ1v) is 5.88. The summed E-state index contributed by atoms with van der Waals surface area (Å²) in [7, 11) is 0. The fraction of sp³-hybridized carbons (Fsp3) is 0.214. The van der Waals surface area contributed by atoms with Crippen LogP contribution in [0.2, 0.25) is 0 Å². The van der Waals surface area contributed by atoms with Crippen LogP contribution in [-0.4, -0.2) is 17.1 Å². The molecule has 0 amide bonds. The van der Waals surface area contributed by atoms with Crippen molar-refractivity contribution in [2.24, 2.45) is 0 Å². The van der Waals surface area contributed by atoms with Gasteiger partial charge in [-0.1, -0.05) is 6.07 Å². The van der Waals surface area contributed by atoms with Crippen LogP contribution in [0.1, 0.15) is 23.0 Å². The molecule has 0 aliphatic rings. The second-order valence-electron chi connectivity index (χ2n) is 3.94. The molecule has 3 nitrogen and oxygen atoms in total. The smallest absolute Gasteiger partial charge is 0.354 e. The molecule has 0 N–H and O–H groups in total. The lowest BCUT2D eigenvalue weighted by molar-refractivity contribution is 0.0514. The van der Waals surface area contributed by atoms with Gasteiger partial charge in [0.2, 0.25) is 0 Å². The van der Waals surface area contributed by atoms with Crippen LogP contribution in [0.4, 0.5) is 8.78 Å². The largest absolute Gasteiger partial charge is 0.461 e. The summed E-state index contributed by atoms with van der Waals surface area (Å²) in [6, 6.07) is 6.86. The Morgan fingerprint density at radius 2 is 1.89 bits per heavy atom. The highest BCUT2D eigenvalue weighted by Crippen LogP contribution is 2.15. The van der Waals surface area contributed by atoms with Gasteiger partial charge in [0.15, 0.2) is 0 Å². The highest BCUT2D eigenvalue weighted by atomic mass is 19.1. The van der Waals surface area contributed by atoms with Gasteiger partial charge in [-0.3, -0.25) is 0 Å². The van der Waals surface area contributed by atoms with Crippen LogP contribution < -0.4 is 0 Å². The first-order valence-electron chi connectivity index (χ1n) is 5.88. The van der Waals surface area contributed by atoms with Crippen LogP contribution in [0.5, 0.6) is 0 Å². The van der Waals surface area contributed by atoms with E-state index in [1.54, 1.807) is 25.3 Å². The molecule has 2 aromatic rings. The van der Waals surface area contributed by atoms with Gasteiger partial charge in [-0.25, -0.2) is 13.6 Å². The zero-order valence-electron chi connectivity index (χ0n) is 10.4. The molecule has 1 aromatic carbocycles. The maximum Gasteiger partial charge on any atom is 0.354 e. The van der Waals surface area contributed by atoms with Crippen molar-refractivity contribution in [2.45, 2.75) is 13.5 Å². The highest BCUT2D eigenvalue weighted by Gasteiger charge is 2.15. The normalized spacial score (nSPS) is 10.5. The van der Waals surface area contributed by atoms with E-state index in [1.807, 2.05) is 0 Å². The molecular weight excluding hydrogens is 252 g/mol. The summed E-state index contributed by atoms with van der Waals surface area (Å²) >= 11 is 0. The summed E-state index contributed by atoms with van der Waals surface area (Å²) in [5, 5.41) is 0. The van der Waals surface area contributed by atoms with Gasteiger partial charge < -0.3 is 9.30 Å². The molecule has 0 bridgehead atoms. The van der Waals surface area contributed by atoms with Crippen molar-refractivity contribution in [2.75, 3.05) is 6.61 Å². The predicted octanol–water partition coefficient (Wildman–Crippen LogP) is 2.99. The summed E-state index contributed by atoms with van der Waals surface area (Å²) in [5.41, 5.74) is 0.189. The molecule has 0 radical (unpaired) electrons. The maximum absolute atomic E-state index is 13.6. The number of esters is 1. The molecule has 5 heteroatoms. The molecule has 100 valence electrons. The Morgan fingerprint density at radius 1 is 1.21 bits per heavy atom. The third-order valence-electron chi connectivity index (χ3n) is 2.70. The van der Waals surface area contributed by atoms with Crippen LogP contribution in [0, 0.1) is 11.6 Å². The van der Waals surface area contributed by atoms with Gasteiger partial charge in [-0.15, -0.1) is 0 Å². The number of halogens is 2. The molecule has 19 heavy (non-hydrogen) atoms. The molecule has 0 aliphatic heterocycles. The summed E-state index contributed by atoms with van der Waals surface area (Å²) in [6.45, 7) is 1.89. The molecule has 0 spiro atoms.